The quantitative estimate of drug-likeness (QED) is 0.364. The van der Waals surface area contributed by atoms with E-state index in [-0.39, 0.29) is 11.6 Å². The van der Waals surface area contributed by atoms with E-state index in [9.17, 15) is 4.79 Å². The summed E-state index contributed by atoms with van der Waals surface area (Å²) in [5.74, 6) is -0.193. The molecule has 2 heteroatoms. The van der Waals surface area contributed by atoms with Crippen molar-refractivity contribution >= 4 is 5.97 Å². The van der Waals surface area contributed by atoms with Crippen molar-refractivity contribution in [2.45, 2.75) is 65.4 Å². The zero-order chi connectivity index (χ0) is 11.7. The molecule has 15 heavy (non-hydrogen) atoms. The first-order valence-corrected chi connectivity index (χ1v) is 5.88. The van der Waals surface area contributed by atoms with Crippen LogP contribution >= 0.6 is 0 Å². The van der Waals surface area contributed by atoms with Crippen molar-refractivity contribution in [3.63, 3.8) is 0 Å². The highest BCUT2D eigenvalue weighted by Gasteiger charge is 2.23. The fourth-order valence-electron chi connectivity index (χ4n) is 1.38. The Morgan fingerprint density at radius 2 is 2.00 bits per heavy atom. The maximum absolute atomic E-state index is 10.9. The Balaban J connectivity index is 3.97. The van der Waals surface area contributed by atoms with Gasteiger partial charge in [0.1, 0.15) is 5.60 Å². The molecule has 0 spiro atoms. The number of allylic oxidation sites excluding steroid dienone is 1. The summed E-state index contributed by atoms with van der Waals surface area (Å²) in [7, 11) is 0. The smallest absolute Gasteiger partial charge is 0.303 e. The van der Waals surface area contributed by atoms with Crippen molar-refractivity contribution in [3.05, 3.63) is 12.2 Å². The summed E-state index contributed by atoms with van der Waals surface area (Å²) in [5.41, 5.74) is -0.325. The van der Waals surface area contributed by atoms with Crippen LogP contribution in [0.15, 0.2) is 12.2 Å². The Kier molecular flexibility index (Phi) is 7.10. The van der Waals surface area contributed by atoms with Crippen LogP contribution < -0.4 is 0 Å². The Labute approximate surface area is 93.7 Å². The summed E-state index contributed by atoms with van der Waals surface area (Å²) >= 11 is 0. The molecule has 0 amide bonds. The highest BCUT2D eigenvalue weighted by Crippen LogP contribution is 2.20. The van der Waals surface area contributed by atoms with Gasteiger partial charge in [-0.25, -0.2) is 0 Å². The zero-order valence-corrected chi connectivity index (χ0v) is 10.5. The summed E-state index contributed by atoms with van der Waals surface area (Å²) in [6.07, 6.45) is 9.54. The summed E-state index contributed by atoms with van der Waals surface area (Å²) < 4.78 is 5.30. The number of unbranched alkanes of at least 4 members (excludes halogenated alkanes) is 2. The second kappa shape index (κ2) is 7.49. The van der Waals surface area contributed by atoms with Crippen molar-refractivity contribution < 1.29 is 9.53 Å². The van der Waals surface area contributed by atoms with E-state index in [1.807, 2.05) is 13.8 Å². The maximum Gasteiger partial charge on any atom is 0.303 e. The van der Waals surface area contributed by atoms with Gasteiger partial charge in [0.25, 0.3) is 0 Å². The minimum atomic E-state index is -0.325. The lowest BCUT2D eigenvalue weighted by Crippen LogP contribution is -2.29. The lowest BCUT2D eigenvalue weighted by atomic mass is 9.98. The summed E-state index contributed by atoms with van der Waals surface area (Å²) in [4.78, 5) is 10.9. The topological polar surface area (TPSA) is 26.3 Å². The van der Waals surface area contributed by atoms with Gasteiger partial charge in [-0.3, -0.25) is 4.79 Å². The number of carbonyl (C=O) groups is 1. The molecule has 0 N–H and O–H groups in total. The third-order valence-electron chi connectivity index (χ3n) is 2.58. The number of hydrogen-bond donors (Lipinski definition) is 0. The molecule has 1 unspecified atom stereocenters. The molecule has 0 fully saturated rings. The van der Waals surface area contributed by atoms with E-state index in [0.717, 1.165) is 19.3 Å². The molecule has 2 nitrogen and oxygen atoms in total. The van der Waals surface area contributed by atoms with Gasteiger partial charge in [0, 0.05) is 13.3 Å². The minimum Gasteiger partial charge on any atom is -0.459 e. The van der Waals surface area contributed by atoms with Gasteiger partial charge in [-0.15, -0.1) is 0 Å². The van der Waals surface area contributed by atoms with Crippen LogP contribution in [0.2, 0.25) is 0 Å². The second-order valence-electron chi connectivity index (χ2n) is 4.21. The molecule has 0 aliphatic carbocycles. The molecular weight excluding hydrogens is 188 g/mol. The monoisotopic (exact) mass is 212 g/mol. The number of carbonyl (C=O) groups excluding carboxylic acids is 1. The van der Waals surface area contributed by atoms with Crippen molar-refractivity contribution in [1.82, 2.24) is 0 Å². The molecule has 0 aliphatic heterocycles. The van der Waals surface area contributed by atoms with Gasteiger partial charge in [0.2, 0.25) is 0 Å². The van der Waals surface area contributed by atoms with Crippen LogP contribution in [0, 0.1) is 0 Å². The lowest BCUT2D eigenvalue weighted by Gasteiger charge is -2.26. The van der Waals surface area contributed by atoms with Gasteiger partial charge in [0.15, 0.2) is 0 Å². The summed E-state index contributed by atoms with van der Waals surface area (Å²) in [6.45, 7) is 7.68. The van der Waals surface area contributed by atoms with E-state index in [2.05, 4.69) is 19.1 Å². The van der Waals surface area contributed by atoms with Crippen molar-refractivity contribution in [3.8, 4) is 0 Å². The minimum absolute atomic E-state index is 0.193. The number of rotatable bonds is 7. The molecule has 0 aromatic rings. The standard InChI is InChI=1S/C13H24O2/c1-5-7-8-9-10-11-13(4,6-2)15-12(3)14/h9-10H,5-8,11H2,1-4H3. The molecule has 0 saturated heterocycles. The second-order valence-corrected chi connectivity index (χ2v) is 4.21. The molecule has 0 aliphatic rings. The van der Waals surface area contributed by atoms with Crippen LogP contribution in [-0.4, -0.2) is 11.6 Å². The van der Waals surface area contributed by atoms with E-state index >= 15 is 0 Å². The molecule has 0 bridgehead atoms. The van der Waals surface area contributed by atoms with Gasteiger partial charge >= 0.3 is 5.97 Å². The molecule has 0 rings (SSSR count). The highest BCUT2D eigenvalue weighted by atomic mass is 16.6. The van der Waals surface area contributed by atoms with Crippen LogP contribution in [0.4, 0.5) is 0 Å². The van der Waals surface area contributed by atoms with Gasteiger partial charge < -0.3 is 4.74 Å². The highest BCUT2D eigenvalue weighted by molar-refractivity contribution is 5.66. The first-order chi connectivity index (χ1) is 7.04. The van der Waals surface area contributed by atoms with E-state index in [1.54, 1.807) is 0 Å². The molecule has 0 radical (unpaired) electrons. The molecule has 88 valence electrons. The predicted octanol–water partition coefficient (Wildman–Crippen LogP) is 3.85. The molecular formula is C13H24O2. The summed E-state index contributed by atoms with van der Waals surface area (Å²) in [6, 6.07) is 0. The molecule has 0 saturated carbocycles. The fraction of sp³-hybridized carbons (Fsp3) is 0.769. The number of ether oxygens (including phenoxy) is 1. The predicted molar refractivity (Wildman–Crippen MR) is 63.7 cm³/mol. The van der Waals surface area contributed by atoms with Crippen LogP contribution in [-0.2, 0) is 9.53 Å². The Hall–Kier alpha value is -0.790. The van der Waals surface area contributed by atoms with Crippen LogP contribution in [0.25, 0.3) is 0 Å². The average Bonchev–Trinajstić information content (AvgIpc) is 2.16. The van der Waals surface area contributed by atoms with E-state index in [4.69, 9.17) is 4.74 Å². The van der Waals surface area contributed by atoms with E-state index < -0.39 is 0 Å². The van der Waals surface area contributed by atoms with Gasteiger partial charge in [0.05, 0.1) is 0 Å². The van der Waals surface area contributed by atoms with Crippen LogP contribution in [0.1, 0.15) is 59.8 Å². The van der Waals surface area contributed by atoms with Gasteiger partial charge in [-0.1, -0.05) is 38.8 Å². The van der Waals surface area contributed by atoms with Crippen molar-refractivity contribution in [1.29, 1.82) is 0 Å². The van der Waals surface area contributed by atoms with Crippen molar-refractivity contribution in [2.75, 3.05) is 0 Å². The molecule has 0 aromatic carbocycles. The van der Waals surface area contributed by atoms with E-state index in [1.165, 1.54) is 19.8 Å². The molecule has 1 atom stereocenters. The largest absolute Gasteiger partial charge is 0.459 e. The normalized spacial score (nSPS) is 15.2. The third-order valence-corrected chi connectivity index (χ3v) is 2.58. The lowest BCUT2D eigenvalue weighted by molar-refractivity contribution is -0.155. The van der Waals surface area contributed by atoms with Crippen molar-refractivity contribution in [2.24, 2.45) is 0 Å². The average molecular weight is 212 g/mol. The molecule has 0 aromatic heterocycles. The Morgan fingerprint density at radius 3 is 2.47 bits per heavy atom. The van der Waals surface area contributed by atoms with E-state index in [0.29, 0.717) is 0 Å². The van der Waals surface area contributed by atoms with Gasteiger partial charge in [-0.2, -0.15) is 0 Å². The molecule has 0 heterocycles. The van der Waals surface area contributed by atoms with Crippen LogP contribution in [0.3, 0.4) is 0 Å². The SMILES string of the molecule is CCCCC=CCC(C)(CC)OC(C)=O. The summed E-state index contributed by atoms with van der Waals surface area (Å²) in [5, 5.41) is 0. The maximum atomic E-state index is 10.9. The number of hydrogen-bond acceptors (Lipinski definition) is 2. The fourth-order valence-corrected chi connectivity index (χ4v) is 1.38. The zero-order valence-electron chi connectivity index (χ0n) is 10.5. The first-order valence-electron chi connectivity index (χ1n) is 5.88. The first kappa shape index (κ1) is 14.2. The number of esters is 1. The third kappa shape index (κ3) is 7.18. The Morgan fingerprint density at radius 1 is 1.33 bits per heavy atom. The van der Waals surface area contributed by atoms with Crippen LogP contribution in [0.5, 0.6) is 0 Å². The van der Waals surface area contributed by atoms with Gasteiger partial charge in [-0.05, 0) is 19.8 Å². The Bertz CT molecular complexity index is 209.